The zero-order chi connectivity index (χ0) is 24.3. The van der Waals surface area contributed by atoms with Crippen molar-refractivity contribution in [3.8, 4) is 0 Å². The van der Waals surface area contributed by atoms with Gasteiger partial charge in [-0.25, -0.2) is 0 Å². The number of amides is 3. The third kappa shape index (κ3) is 8.91. The average Bonchev–Trinajstić information content (AvgIpc) is 3.26. The fraction of sp³-hybridized carbons (Fsp3) is 0.885. The summed E-state index contributed by atoms with van der Waals surface area (Å²) in [6.07, 6.45) is 14.5. The summed E-state index contributed by atoms with van der Waals surface area (Å²) >= 11 is 0. The first kappa shape index (κ1) is 27.6. The second-order valence-corrected chi connectivity index (χ2v) is 10.8. The number of nitrogens with two attached hydrogens (primary N) is 1. The molecule has 0 aromatic heterocycles. The van der Waals surface area contributed by atoms with E-state index < -0.39 is 23.5 Å². The Morgan fingerprint density at radius 2 is 1.64 bits per heavy atom. The van der Waals surface area contributed by atoms with E-state index in [1.54, 1.807) is 0 Å². The molecule has 0 unspecified atom stereocenters. The van der Waals surface area contributed by atoms with Crippen LogP contribution in [0.1, 0.15) is 111 Å². The van der Waals surface area contributed by atoms with Gasteiger partial charge in [-0.3, -0.25) is 14.4 Å². The lowest BCUT2D eigenvalue weighted by Gasteiger charge is -2.32. The van der Waals surface area contributed by atoms with Crippen LogP contribution in [-0.2, 0) is 14.4 Å². The van der Waals surface area contributed by atoms with Crippen molar-refractivity contribution >= 4 is 17.7 Å². The second-order valence-electron chi connectivity index (χ2n) is 10.8. The molecule has 0 heterocycles. The second kappa shape index (κ2) is 13.9. The van der Waals surface area contributed by atoms with Crippen molar-refractivity contribution in [2.45, 2.75) is 128 Å². The molecule has 2 aliphatic carbocycles. The number of carbonyl (C=O) groups is 3. The molecular formula is C26H48N4O3. The van der Waals surface area contributed by atoms with Crippen LogP contribution in [0.5, 0.6) is 0 Å². The predicted octanol–water partition coefficient (Wildman–Crippen LogP) is 3.55. The van der Waals surface area contributed by atoms with E-state index in [4.69, 9.17) is 5.73 Å². The maximum Gasteiger partial charge on any atom is 0.243 e. The Hall–Kier alpha value is -1.63. The van der Waals surface area contributed by atoms with Crippen molar-refractivity contribution in [3.05, 3.63) is 0 Å². The molecule has 0 aromatic rings. The van der Waals surface area contributed by atoms with Crippen LogP contribution >= 0.6 is 0 Å². The van der Waals surface area contributed by atoms with Crippen molar-refractivity contribution in [2.24, 2.45) is 17.6 Å². The summed E-state index contributed by atoms with van der Waals surface area (Å²) in [7, 11) is 0. The minimum atomic E-state index is -0.716. The van der Waals surface area contributed by atoms with E-state index in [1.165, 1.54) is 38.5 Å². The molecule has 7 heteroatoms. The molecule has 5 N–H and O–H groups in total. The third-order valence-corrected chi connectivity index (χ3v) is 7.44. The van der Waals surface area contributed by atoms with E-state index in [9.17, 15) is 14.4 Å². The molecule has 33 heavy (non-hydrogen) atoms. The van der Waals surface area contributed by atoms with Crippen LogP contribution in [0.2, 0.25) is 0 Å². The summed E-state index contributed by atoms with van der Waals surface area (Å²) in [6, 6.07) is -1.37. The van der Waals surface area contributed by atoms with Crippen molar-refractivity contribution in [3.63, 3.8) is 0 Å². The Bertz CT molecular complexity index is 625. The van der Waals surface area contributed by atoms with Crippen LogP contribution < -0.4 is 21.7 Å². The van der Waals surface area contributed by atoms with Crippen LogP contribution in [-0.4, -0.2) is 41.9 Å². The Morgan fingerprint density at radius 3 is 2.21 bits per heavy atom. The van der Waals surface area contributed by atoms with E-state index in [-0.39, 0.29) is 17.7 Å². The fourth-order valence-electron chi connectivity index (χ4n) is 5.50. The number of primary amides is 1. The summed E-state index contributed by atoms with van der Waals surface area (Å²) in [5.74, 6) is 0.133. The zero-order valence-corrected chi connectivity index (χ0v) is 21.2. The Morgan fingerprint density at radius 1 is 0.970 bits per heavy atom. The molecule has 2 saturated carbocycles. The van der Waals surface area contributed by atoms with Gasteiger partial charge in [-0.05, 0) is 56.9 Å². The minimum Gasteiger partial charge on any atom is -0.368 e. The number of carbonyl (C=O) groups excluding carboxylic acids is 3. The van der Waals surface area contributed by atoms with Gasteiger partial charge in [0.15, 0.2) is 0 Å². The molecule has 3 amide bonds. The SMILES string of the molecule is CCC[C@H](NC(=O)C1(NCCCC2CCCCC2)CCCC1)C(=O)N[C@@H](CC(C)C)C(N)=O. The monoisotopic (exact) mass is 464 g/mol. The molecule has 2 fully saturated rings. The van der Waals surface area contributed by atoms with Gasteiger partial charge >= 0.3 is 0 Å². The van der Waals surface area contributed by atoms with Gasteiger partial charge in [0.2, 0.25) is 17.7 Å². The summed E-state index contributed by atoms with van der Waals surface area (Å²) in [5, 5.41) is 9.39. The normalized spacial score (nSPS) is 20.4. The standard InChI is InChI=1S/C26H48N4O3/c1-4-11-21(24(32)29-22(23(27)31)18-19(2)3)30-25(33)26(15-8-9-16-26)28-17-10-14-20-12-6-5-7-13-20/h19-22,28H,4-18H2,1-3H3,(H2,27,31)(H,29,32)(H,30,33)/t21-,22-/m0/s1. The molecule has 0 saturated heterocycles. The van der Waals surface area contributed by atoms with E-state index in [0.29, 0.717) is 12.8 Å². The van der Waals surface area contributed by atoms with Crippen molar-refractivity contribution in [1.82, 2.24) is 16.0 Å². The molecule has 2 rings (SSSR count). The van der Waals surface area contributed by atoms with E-state index in [1.807, 2.05) is 20.8 Å². The minimum absolute atomic E-state index is 0.0780. The number of hydrogen-bond donors (Lipinski definition) is 4. The Labute approximate surface area is 200 Å². The Balaban J connectivity index is 1.93. The van der Waals surface area contributed by atoms with Crippen molar-refractivity contribution in [1.29, 1.82) is 0 Å². The maximum atomic E-state index is 13.4. The van der Waals surface area contributed by atoms with Gasteiger partial charge in [-0.2, -0.15) is 0 Å². The lowest BCUT2D eigenvalue weighted by atomic mass is 9.86. The van der Waals surface area contributed by atoms with Crippen LogP contribution in [0.3, 0.4) is 0 Å². The zero-order valence-electron chi connectivity index (χ0n) is 21.2. The molecule has 7 nitrogen and oxygen atoms in total. The number of hydrogen-bond acceptors (Lipinski definition) is 4. The largest absolute Gasteiger partial charge is 0.368 e. The van der Waals surface area contributed by atoms with Gasteiger partial charge in [0.1, 0.15) is 12.1 Å². The lowest BCUT2D eigenvalue weighted by Crippen LogP contribution is -2.60. The average molecular weight is 465 g/mol. The van der Waals surface area contributed by atoms with Crippen LogP contribution in [0.25, 0.3) is 0 Å². The van der Waals surface area contributed by atoms with Gasteiger partial charge in [-0.1, -0.05) is 72.1 Å². The van der Waals surface area contributed by atoms with Gasteiger partial charge in [0, 0.05) is 0 Å². The van der Waals surface area contributed by atoms with Gasteiger partial charge < -0.3 is 21.7 Å². The quantitative estimate of drug-likeness (QED) is 0.294. The van der Waals surface area contributed by atoms with Crippen molar-refractivity contribution < 1.29 is 14.4 Å². The van der Waals surface area contributed by atoms with E-state index in [0.717, 1.165) is 51.0 Å². The topological polar surface area (TPSA) is 113 Å². The van der Waals surface area contributed by atoms with E-state index in [2.05, 4.69) is 16.0 Å². The Kier molecular flexibility index (Phi) is 11.7. The molecule has 190 valence electrons. The predicted molar refractivity (Wildman–Crippen MR) is 132 cm³/mol. The molecular weight excluding hydrogens is 416 g/mol. The molecule has 0 aromatic carbocycles. The molecule has 0 spiro atoms. The highest BCUT2D eigenvalue weighted by Gasteiger charge is 2.42. The van der Waals surface area contributed by atoms with Crippen LogP contribution in [0, 0.1) is 11.8 Å². The smallest absolute Gasteiger partial charge is 0.243 e. The molecule has 2 atom stereocenters. The highest BCUT2D eigenvalue weighted by atomic mass is 16.2. The van der Waals surface area contributed by atoms with E-state index >= 15 is 0 Å². The lowest BCUT2D eigenvalue weighted by molar-refractivity contribution is -0.134. The van der Waals surface area contributed by atoms with Crippen LogP contribution in [0.15, 0.2) is 0 Å². The first-order valence-electron chi connectivity index (χ1n) is 13.4. The fourth-order valence-corrected chi connectivity index (χ4v) is 5.50. The molecule has 0 bridgehead atoms. The van der Waals surface area contributed by atoms with Gasteiger partial charge in [-0.15, -0.1) is 0 Å². The van der Waals surface area contributed by atoms with Crippen molar-refractivity contribution in [2.75, 3.05) is 6.54 Å². The van der Waals surface area contributed by atoms with Crippen LogP contribution in [0.4, 0.5) is 0 Å². The van der Waals surface area contributed by atoms with Gasteiger partial charge in [0.25, 0.3) is 0 Å². The summed E-state index contributed by atoms with van der Waals surface area (Å²) in [5.41, 5.74) is 4.92. The number of nitrogens with one attached hydrogen (secondary N) is 3. The summed E-state index contributed by atoms with van der Waals surface area (Å²) in [6.45, 7) is 6.79. The highest BCUT2D eigenvalue weighted by molar-refractivity contribution is 5.94. The molecule has 0 aliphatic heterocycles. The van der Waals surface area contributed by atoms with Gasteiger partial charge in [0.05, 0.1) is 5.54 Å². The number of rotatable bonds is 14. The third-order valence-electron chi connectivity index (χ3n) is 7.44. The first-order chi connectivity index (χ1) is 15.8. The highest BCUT2D eigenvalue weighted by Crippen LogP contribution is 2.31. The maximum absolute atomic E-state index is 13.4. The summed E-state index contributed by atoms with van der Waals surface area (Å²) in [4.78, 5) is 38.2. The molecule has 2 aliphatic rings. The molecule has 0 radical (unpaired) electrons. The first-order valence-corrected chi connectivity index (χ1v) is 13.4. The summed E-state index contributed by atoms with van der Waals surface area (Å²) < 4.78 is 0.